The van der Waals surface area contributed by atoms with Gasteiger partial charge in [-0.3, -0.25) is 4.79 Å². The van der Waals surface area contributed by atoms with E-state index in [0.29, 0.717) is 11.0 Å². The van der Waals surface area contributed by atoms with Crippen molar-refractivity contribution in [1.29, 1.82) is 0 Å². The van der Waals surface area contributed by atoms with Gasteiger partial charge in [-0.05, 0) is 36.1 Å². The van der Waals surface area contributed by atoms with Gasteiger partial charge >= 0.3 is 0 Å². The van der Waals surface area contributed by atoms with E-state index >= 15 is 0 Å². The van der Waals surface area contributed by atoms with Crippen molar-refractivity contribution in [3.63, 3.8) is 0 Å². The van der Waals surface area contributed by atoms with Gasteiger partial charge in [-0.25, -0.2) is 4.39 Å². The fraction of sp³-hybridized carbons (Fsp3) is 0.417. The summed E-state index contributed by atoms with van der Waals surface area (Å²) in [5.74, 6) is -0.624. The molecule has 0 radical (unpaired) electrons. The van der Waals surface area contributed by atoms with Crippen LogP contribution in [0.25, 0.3) is 10.4 Å². The van der Waals surface area contributed by atoms with Crippen LogP contribution in [0.3, 0.4) is 0 Å². The SMILES string of the molecule is Cc1cc(N2CC(CN=[N+]=[N-])CC2=O)c(F)cc1Br. The molecule has 1 heterocycles. The average Bonchev–Trinajstić information content (AvgIpc) is 2.72. The number of aryl methyl sites for hydroxylation is 1. The van der Waals surface area contributed by atoms with E-state index in [1.165, 1.54) is 11.0 Å². The molecule has 1 aromatic carbocycles. The second-order valence-corrected chi connectivity index (χ2v) is 5.40. The maximum absolute atomic E-state index is 13.9. The molecule has 1 saturated heterocycles. The van der Waals surface area contributed by atoms with Crippen molar-refractivity contribution in [1.82, 2.24) is 0 Å². The minimum atomic E-state index is -0.435. The van der Waals surface area contributed by atoms with E-state index in [-0.39, 0.29) is 30.5 Å². The Balaban J connectivity index is 2.25. The summed E-state index contributed by atoms with van der Waals surface area (Å²) in [7, 11) is 0. The molecule has 19 heavy (non-hydrogen) atoms. The number of amides is 1. The van der Waals surface area contributed by atoms with E-state index in [2.05, 4.69) is 26.0 Å². The largest absolute Gasteiger partial charge is 0.309 e. The molecule has 0 spiro atoms. The highest BCUT2D eigenvalue weighted by Crippen LogP contribution is 2.31. The maximum atomic E-state index is 13.9. The van der Waals surface area contributed by atoms with Gasteiger partial charge in [0, 0.05) is 28.9 Å². The maximum Gasteiger partial charge on any atom is 0.227 e. The van der Waals surface area contributed by atoms with Gasteiger partial charge in [-0.1, -0.05) is 21.0 Å². The molecule has 100 valence electrons. The minimum Gasteiger partial charge on any atom is -0.309 e. The number of benzene rings is 1. The van der Waals surface area contributed by atoms with E-state index in [1.54, 1.807) is 6.07 Å². The second kappa shape index (κ2) is 5.59. The lowest BCUT2D eigenvalue weighted by atomic mass is 10.1. The topological polar surface area (TPSA) is 69.1 Å². The quantitative estimate of drug-likeness (QED) is 0.475. The van der Waals surface area contributed by atoms with Crippen LogP contribution in [0.5, 0.6) is 0 Å². The first-order valence-corrected chi connectivity index (χ1v) is 6.59. The summed E-state index contributed by atoms with van der Waals surface area (Å²) >= 11 is 3.25. The number of rotatable bonds is 3. The molecule has 0 saturated carbocycles. The first-order valence-electron chi connectivity index (χ1n) is 5.79. The standard InChI is InChI=1S/C12H12BrFN4O/c1-7-2-11(10(14)4-9(7)13)18-6-8(3-12(18)19)5-16-17-15/h2,4,8H,3,5-6H2,1H3. The first kappa shape index (κ1) is 13.8. The lowest BCUT2D eigenvalue weighted by Gasteiger charge is -2.18. The Labute approximate surface area is 118 Å². The van der Waals surface area contributed by atoms with Crippen LogP contribution in [-0.4, -0.2) is 19.0 Å². The molecule has 1 fully saturated rings. The third-order valence-corrected chi connectivity index (χ3v) is 3.98. The van der Waals surface area contributed by atoms with Gasteiger partial charge in [0.1, 0.15) is 5.82 Å². The summed E-state index contributed by atoms with van der Waals surface area (Å²) in [6.07, 6.45) is 0.285. The van der Waals surface area contributed by atoms with Crippen LogP contribution in [0, 0.1) is 18.7 Å². The highest BCUT2D eigenvalue weighted by Gasteiger charge is 2.31. The van der Waals surface area contributed by atoms with Crippen LogP contribution in [0.4, 0.5) is 10.1 Å². The second-order valence-electron chi connectivity index (χ2n) is 4.54. The van der Waals surface area contributed by atoms with Crippen molar-refractivity contribution in [2.75, 3.05) is 18.0 Å². The summed E-state index contributed by atoms with van der Waals surface area (Å²) in [5.41, 5.74) is 9.43. The summed E-state index contributed by atoms with van der Waals surface area (Å²) in [6.45, 7) is 2.48. The van der Waals surface area contributed by atoms with Gasteiger partial charge in [0.2, 0.25) is 5.91 Å². The Kier molecular flexibility index (Phi) is 4.07. The van der Waals surface area contributed by atoms with Crippen LogP contribution in [0.1, 0.15) is 12.0 Å². The Morgan fingerprint density at radius 3 is 3.05 bits per heavy atom. The number of azide groups is 1. The van der Waals surface area contributed by atoms with Crippen molar-refractivity contribution in [2.45, 2.75) is 13.3 Å². The third kappa shape index (κ3) is 2.88. The zero-order valence-corrected chi connectivity index (χ0v) is 11.9. The number of anilines is 1. The van der Waals surface area contributed by atoms with Gasteiger partial charge in [0.25, 0.3) is 0 Å². The van der Waals surface area contributed by atoms with Crippen LogP contribution in [0.15, 0.2) is 21.7 Å². The van der Waals surface area contributed by atoms with Gasteiger partial charge in [-0.15, -0.1) is 0 Å². The highest BCUT2D eigenvalue weighted by atomic mass is 79.9. The molecule has 1 aliphatic heterocycles. The van der Waals surface area contributed by atoms with Crippen LogP contribution in [0.2, 0.25) is 0 Å². The van der Waals surface area contributed by atoms with Crippen molar-refractivity contribution >= 4 is 27.5 Å². The van der Waals surface area contributed by atoms with Crippen molar-refractivity contribution < 1.29 is 9.18 Å². The van der Waals surface area contributed by atoms with E-state index in [4.69, 9.17) is 5.53 Å². The summed E-state index contributed by atoms with van der Waals surface area (Å²) in [5, 5.41) is 3.47. The van der Waals surface area contributed by atoms with Gasteiger partial charge in [-0.2, -0.15) is 0 Å². The summed E-state index contributed by atoms with van der Waals surface area (Å²) in [4.78, 5) is 16.0. The molecule has 2 rings (SSSR count). The number of carbonyl (C=O) groups is 1. The highest BCUT2D eigenvalue weighted by molar-refractivity contribution is 9.10. The Hall–Kier alpha value is -1.59. The molecule has 0 aromatic heterocycles. The molecule has 0 N–H and O–H groups in total. The lowest BCUT2D eigenvalue weighted by molar-refractivity contribution is -0.117. The van der Waals surface area contributed by atoms with Crippen molar-refractivity contribution in [3.05, 3.63) is 38.4 Å². The van der Waals surface area contributed by atoms with E-state index in [9.17, 15) is 9.18 Å². The molecular weight excluding hydrogens is 315 g/mol. The van der Waals surface area contributed by atoms with Gasteiger partial charge < -0.3 is 4.90 Å². The van der Waals surface area contributed by atoms with Crippen molar-refractivity contribution in [3.8, 4) is 0 Å². The number of carbonyl (C=O) groups excluding carboxylic acids is 1. The average molecular weight is 327 g/mol. The Bertz CT molecular complexity index is 571. The predicted octanol–water partition coefficient (Wildman–Crippen LogP) is 3.56. The van der Waals surface area contributed by atoms with Gasteiger partial charge in [0.15, 0.2) is 0 Å². The molecule has 1 unspecified atom stereocenters. The molecule has 5 nitrogen and oxygen atoms in total. The number of hydrogen-bond donors (Lipinski definition) is 0. The molecular formula is C12H12BrFN4O. The molecule has 0 bridgehead atoms. The van der Waals surface area contributed by atoms with Crippen molar-refractivity contribution in [2.24, 2.45) is 11.0 Å². The molecule has 1 amide bonds. The van der Waals surface area contributed by atoms with E-state index in [0.717, 1.165) is 5.56 Å². The smallest absolute Gasteiger partial charge is 0.227 e. The van der Waals surface area contributed by atoms with Crippen LogP contribution >= 0.6 is 15.9 Å². The summed E-state index contributed by atoms with van der Waals surface area (Å²) in [6, 6.07) is 3.01. The Morgan fingerprint density at radius 2 is 2.37 bits per heavy atom. The normalized spacial score (nSPS) is 18.6. The summed E-state index contributed by atoms with van der Waals surface area (Å²) < 4.78 is 14.6. The predicted molar refractivity (Wildman–Crippen MR) is 73.3 cm³/mol. The number of nitrogens with zero attached hydrogens (tertiary/aromatic N) is 4. The first-order chi connectivity index (χ1) is 9.02. The minimum absolute atomic E-state index is 0.0493. The fourth-order valence-electron chi connectivity index (χ4n) is 2.14. The van der Waals surface area contributed by atoms with Gasteiger partial charge in [0.05, 0.1) is 5.69 Å². The monoisotopic (exact) mass is 326 g/mol. The van der Waals surface area contributed by atoms with Crippen LogP contribution in [-0.2, 0) is 4.79 Å². The third-order valence-electron chi connectivity index (χ3n) is 3.13. The molecule has 7 heteroatoms. The number of halogens is 2. The zero-order valence-electron chi connectivity index (χ0n) is 10.3. The van der Waals surface area contributed by atoms with E-state index in [1.807, 2.05) is 6.92 Å². The van der Waals surface area contributed by atoms with Crippen LogP contribution < -0.4 is 4.90 Å². The molecule has 1 atom stereocenters. The molecule has 0 aliphatic carbocycles. The Morgan fingerprint density at radius 1 is 1.63 bits per heavy atom. The van der Waals surface area contributed by atoms with E-state index < -0.39 is 5.82 Å². The fourth-order valence-corrected chi connectivity index (χ4v) is 2.45. The number of hydrogen-bond acceptors (Lipinski definition) is 2. The lowest BCUT2D eigenvalue weighted by Crippen LogP contribution is -2.26. The zero-order chi connectivity index (χ0) is 14.0. The molecule has 1 aliphatic rings. The molecule has 1 aromatic rings.